The van der Waals surface area contributed by atoms with Crippen molar-refractivity contribution in [2.45, 2.75) is 33.2 Å². The second kappa shape index (κ2) is 9.92. The molecule has 162 valence electrons. The van der Waals surface area contributed by atoms with Crippen molar-refractivity contribution in [2.75, 3.05) is 0 Å². The molecule has 0 aliphatic heterocycles. The first-order valence-electron chi connectivity index (χ1n) is 10.7. The van der Waals surface area contributed by atoms with Crippen molar-refractivity contribution in [3.05, 3.63) is 102 Å². The minimum atomic E-state index is -0.0376. The van der Waals surface area contributed by atoms with Crippen molar-refractivity contribution in [2.24, 2.45) is 0 Å². The van der Waals surface area contributed by atoms with Gasteiger partial charge in [-0.15, -0.1) is 0 Å². The molecule has 2 aromatic carbocycles. The number of rotatable bonds is 8. The Labute approximate surface area is 187 Å². The Morgan fingerprint density at radius 3 is 2.47 bits per heavy atom. The van der Waals surface area contributed by atoms with Crippen LogP contribution in [0.4, 0.5) is 0 Å². The summed E-state index contributed by atoms with van der Waals surface area (Å²) in [7, 11) is 0. The topological polar surface area (TPSA) is 69.0 Å². The number of hydrogen-bond acceptors (Lipinski definition) is 4. The molecular formula is C26H26N4O2. The molecule has 2 heterocycles. The molecule has 0 atom stereocenters. The molecule has 1 amide bonds. The molecule has 6 heteroatoms. The third kappa shape index (κ3) is 5.03. The van der Waals surface area contributed by atoms with E-state index in [2.05, 4.69) is 10.3 Å². The van der Waals surface area contributed by atoms with Crippen LogP contribution in [0.1, 0.15) is 28.9 Å². The van der Waals surface area contributed by atoms with Gasteiger partial charge in [-0.2, -0.15) is 9.78 Å². The predicted octanol–water partition coefficient (Wildman–Crippen LogP) is 4.93. The summed E-state index contributed by atoms with van der Waals surface area (Å²) < 4.78 is 8.12. The minimum absolute atomic E-state index is 0.0376. The number of pyridine rings is 1. The lowest BCUT2D eigenvalue weighted by Gasteiger charge is -2.13. The Morgan fingerprint density at radius 2 is 1.72 bits per heavy atom. The quantitative estimate of drug-likeness (QED) is 0.434. The lowest BCUT2D eigenvalue weighted by molar-refractivity contribution is -0.121. The molecular weight excluding hydrogens is 400 g/mol. The third-order valence-corrected chi connectivity index (χ3v) is 5.23. The average Bonchev–Trinajstić information content (AvgIpc) is 3.12. The van der Waals surface area contributed by atoms with Gasteiger partial charge in [0.2, 0.25) is 11.8 Å². The molecule has 1 N–H and O–H groups in total. The Hall–Kier alpha value is -3.93. The van der Waals surface area contributed by atoms with Crippen molar-refractivity contribution < 1.29 is 9.53 Å². The molecule has 0 bridgehead atoms. The molecule has 4 aromatic rings. The Kier molecular flexibility index (Phi) is 6.60. The summed E-state index contributed by atoms with van der Waals surface area (Å²) in [6, 6.07) is 23.3. The third-order valence-electron chi connectivity index (χ3n) is 5.23. The second-order valence-electron chi connectivity index (χ2n) is 7.58. The van der Waals surface area contributed by atoms with Gasteiger partial charge in [0.05, 0.1) is 23.6 Å². The fourth-order valence-corrected chi connectivity index (χ4v) is 3.51. The smallest absolute Gasteiger partial charge is 0.226 e. The van der Waals surface area contributed by atoms with Gasteiger partial charge in [-0.05, 0) is 56.2 Å². The lowest BCUT2D eigenvalue weighted by atomic mass is 10.1. The van der Waals surface area contributed by atoms with Crippen LogP contribution < -0.4 is 10.1 Å². The van der Waals surface area contributed by atoms with Crippen LogP contribution in [-0.2, 0) is 17.8 Å². The number of ether oxygens (including phenoxy) is 1. The maximum absolute atomic E-state index is 12.5. The van der Waals surface area contributed by atoms with Gasteiger partial charge in [-0.25, -0.2) is 0 Å². The van der Waals surface area contributed by atoms with Gasteiger partial charge >= 0.3 is 0 Å². The maximum Gasteiger partial charge on any atom is 0.226 e. The highest BCUT2D eigenvalue weighted by molar-refractivity contribution is 5.76. The van der Waals surface area contributed by atoms with Gasteiger partial charge in [0.15, 0.2) is 0 Å². The predicted molar refractivity (Wildman–Crippen MR) is 124 cm³/mol. The van der Waals surface area contributed by atoms with Crippen LogP contribution in [-0.4, -0.2) is 20.7 Å². The van der Waals surface area contributed by atoms with Crippen molar-refractivity contribution in [1.29, 1.82) is 0 Å². The summed E-state index contributed by atoms with van der Waals surface area (Å²) in [4.78, 5) is 16.7. The van der Waals surface area contributed by atoms with Crippen molar-refractivity contribution in [3.8, 4) is 17.3 Å². The van der Waals surface area contributed by atoms with E-state index in [0.29, 0.717) is 25.3 Å². The molecule has 2 aromatic heterocycles. The largest absolute Gasteiger partial charge is 0.439 e. The summed E-state index contributed by atoms with van der Waals surface area (Å²) in [5.41, 5.74) is 4.64. The fraction of sp³-hybridized carbons (Fsp3) is 0.192. The van der Waals surface area contributed by atoms with E-state index < -0.39 is 0 Å². The SMILES string of the molecule is Cc1ccccc1-n1nc(C)c(CCC(=O)NCc2ccccn2)c1Oc1ccccc1. The molecule has 0 spiro atoms. The molecule has 0 aliphatic carbocycles. The van der Waals surface area contributed by atoms with Crippen LogP contribution in [0.15, 0.2) is 79.0 Å². The molecule has 0 saturated carbocycles. The highest BCUT2D eigenvalue weighted by Gasteiger charge is 2.20. The Morgan fingerprint density at radius 1 is 0.969 bits per heavy atom. The van der Waals surface area contributed by atoms with Crippen LogP contribution in [0, 0.1) is 13.8 Å². The van der Waals surface area contributed by atoms with Crippen LogP contribution in [0.5, 0.6) is 11.6 Å². The van der Waals surface area contributed by atoms with E-state index in [1.54, 1.807) is 6.20 Å². The highest BCUT2D eigenvalue weighted by Crippen LogP contribution is 2.32. The number of hydrogen-bond donors (Lipinski definition) is 1. The minimum Gasteiger partial charge on any atom is -0.439 e. The first-order valence-corrected chi connectivity index (χ1v) is 10.7. The van der Waals surface area contributed by atoms with E-state index in [1.165, 1.54) is 0 Å². The number of nitrogens with zero attached hydrogens (tertiary/aromatic N) is 3. The zero-order valence-corrected chi connectivity index (χ0v) is 18.3. The number of carbonyl (C=O) groups excluding carboxylic acids is 1. The molecule has 6 nitrogen and oxygen atoms in total. The van der Waals surface area contributed by atoms with Gasteiger partial charge in [-0.1, -0.05) is 42.5 Å². The fourth-order valence-electron chi connectivity index (χ4n) is 3.51. The van der Waals surface area contributed by atoms with E-state index in [-0.39, 0.29) is 5.91 Å². The number of para-hydroxylation sites is 2. The van der Waals surface area contributed by atoms with Crippen molar-refractivity contribution >= 4 is 5.91 Å². The number of benzene rings is 2. The van der Waals surface area contributed by atoms with Gasteiger partial charge < -0.3 is 10.1 Å². The molecule has 4 rings (SSSR count). The normalized spacial score (nSPS) is 10.7. The van der Waals surface area contributed by atoms with E-state index in [0.717, 1.165) is 34.0 Å². The van der Waals surface area contributed by atoms with Crippen LogP contribution >= 0.6 is 0 Å². The first-order chi connectivity index (χ1) is 15.6. The molecule has 0 unspecified atom stereocenters. The standard InChI is InChI=1S/C26H26N4O2/c1-19-10-6-7-14-24(19)30-26(32-22-12-4-3-5-13-22)23(20(2)29-30)15-16-25(31)28-18-21-11-8-9-17-27-21/h3-14,17H,15-16,18H2,1-2H3,(H,28,31). The molecule has 0 radical (unpaired) electrons. The summed E-state index contributed by atoms with van der Waals surface area (Å²) in [6.45, 7) is 4.41. The molecule has 32 heavy (non-hydrogen) atoms. The van der Waals surface area contributed by atoms with Crippen LogP contribution in [0.25, 0.3) is 5.69 Å². The van der Waals surface area contributed by atoms with Crippen LogP contribution in [0.2, 0.25) is 0 Å². The zero-order chi connectivity index (χ0) is 22.3. The summed E-state index contributed by atoms with van der Waals surface area (Å²) >= 11 is 0. The van der Waals surface area contributed by atoms with E-state index in [9.17, 15) is 4.79 Å². The Balaban J connectivity index is 1.56. The second-order valence-corrected chi connectivity index (χ2v) is 7.58. The van der Waals surface area contributed by atoms with E-state index >= 15 is 0 Å². The maximum atomic E-state index is 12.5. The number of aryl methyl sites for hydroxylation is 2. The number of carbonyl (C=O) groups is 1. The molecule has 0 aliphatic rings. The number of nitrogens with one attached hydrogen (secondary N) is 1. The summed E-state index contributed by atoms with van der Waals surface area (Å²) in [5.74, 6) is 1.33. The lowest BCUT2D eigenvalue weighted by Crippen LogP contribution is -2.23. The van der Waals surface area contributed by atoms with Gasteiger partial charge in [0.25, 0.3) is 0 Å². The van der Waals surface area contributed by atoms with Gasteiger partial charge in [-0.3, -0.25) is 9.78 Å². The number of amides is 1. The molecule has 0 saturated heterocycles. The van der Waals surface area contributed by atoms with Crippen molar-refractivity contribution in [3.63, 3.8) is 0 Å². The zero-order valence-electron chi connectivity index (χ0n) is 18.3. The van der Waals surface area contributed by atoms with Crippen molar-refractivity contribution in [1.82, 2.24) is 20.1 Å². The van der Waals surface area contributed by atoms with E-state index in [1.807, 2.05) is 91.3 Å². The van der Waals surface area contributed by atoms with Crippen LogP contribution in [0.3, 0.4) is 0 Å². The highest BCUT2D eigenvalue weighted by atomic mass is 16.5. The van der Waals surface area contributed by atoms with E-state index in [4.69, 9.17) is 9.84 Å². The Bertz CT molecular complexity index is 1190. The first kappa shape index (κ1) is 21.3. The summed E-state index contributed by atoms with van der Waals surface area (Å²) in [6.07, 6.45) is 2.57. The van der Waals surface area contributed by atoms with Gasteiger partial charge in [0, 0.05) is 18.2 Å². The average molecular weight is 427 g/mol. The monoisotopic (exact) mass is 426 g/mol. The molecule has 0 fully saturated rings. The number of aromatic nitrogens is 3. The summed E-state index contributed by atoms with van der Waals surface area (Å²) in [5, 5.41) is 7.70. The van der Waals surface area contributed by atoms with Gasteiger partial charge in [0.1, 0.15) is 5.75 Å².